The lowest BCUT2D eigenvalue weighted by Crippen LogP contribution is -2.18. The standard InChI is InChI=1S/C27H29F3N5O3P/c1-6-38-39(5,37)15-17-7-9-18(10-8-17)32-26-31-13-21(27(28,29)30)24(34-26)33-22-12-11-19(16(2)3)20-14-35(4)25(36)23(20)22/h7-13H,2,6,14-15H2,1,3-5H3,(H2,31,32,33,34). The summed E-state index contributed by atoms with van der Waals surface area (Å²) in [5, 5.41) is 5.64. The van der Waals surface area contributed by atoms with E-state index in [0.29, 0.717) is 30.6 Å². The van der Waals surface area contributed by atoms with E-state index in [9.17, 15) is 22.5 Å². The highest BCUT2D eigenvalue weighted by Gasteiger charge is 2.37. The average molecular weight is 560 g/mol. The number of nitrogens with zero attached hydrogens (tertiary/aromatic N) is 3. The van der Waals surface area contributed by atoms with Crippen molar-refractivity contribution in [3.05, 3.63) is 77.0 Å². The molecular weight excluding hydrogens is 530 g/mol. The zero-order valence-electron chi connectivity index (χ0n) is 22.0. The van der Waals surface area contributed by atoms with Crippen LogP contribution >= 0.6 is 7.37 Å². The molecule has 0 aliphatic carbocycles. The van der Waals surface area contributed by atoms with Gasteiger partial charge < -0.3 is 20.1 Å². The minimum Gasteiger partial charge on any atom is -0.339 e. The highest BCUT2D eigenvalue weighted by molar-refractivity contribution is 7.57. The summed E-state index contributed by atoms with van der Waals surface area (Å²) in [7, 11) is -1.14. The maximum atomic E-state index is 13.9. The van der Waals surface area contributed by atoms with Crippen LogP contribution in [0.25, 0.3) is 5.57 Å². The van der Waals surface area contributed by atoms with Crippen LogP contribution in [-0.4, -0.2) is 41.1 Å². The van der Waals surface area contributed by atoms with Crippen LogP contribution in [0.2, 0.25) is 0 Å². The Hall–Kier alpha value is -3.69. The Balaban J connectivity index is 1.65. The molecule has 206 valence electrons. The van der Waals surface area contributed by atoms with Gasteiger partial charge in [0, 0.05) is 38.3 Å². The SMILES string of the molecule is C=C(C)c1ccc(Nc2nc(Nc3ccc(CP(C)(=O)OCC)cc3)ncc2C(F)(F)F)c2c1CN(C)C2=O. The number of hydrogen-bond donors (Lipinski definition) is 2. The third-order valence-electron chi connectivity index (χ3n) is 6.16. The maximum Gasteiger partial charge on any atom is 0.421 e. The second kappa shape index (κ2) is 10.8. The van der Waals surface area contributed by atoms with Gasteiger partial charge >= 0.3 is 6.18 Å². The van der Waals surface area contributed by atoms with Crippen LogP contribution in [0.15, 0.2) is 49.2 Å². The van der Waals surface area contributed by atoms with E-state index in [1.54, 1.807) is 57.0 Å². The highest BCUT2D eigenvalue weighted by Crippen LogP contribution is 2.46. The van der Waals surface area contributed by atoms with Gasteiger partial charge in [-0.3, -0.25) is 9.36 Å². The predicted octanol–water partition coefficient (Wildman–Crippen LogP) is 7.05. The quantitative estimate of drug-likeness (QED) is 0.271. The fourth-order valence-corrected chi connectivity index (χ4v) is 5.92. The molecule has 2 aromatic carbocycles. The third kappa shape index (κ3) is 6.32. The third-order valence-corrected chi connectivity index (χ3v) is 7.90. The number of allylic oxidation sites excluding steroid dienone is 1. The lowest BCUT2D eigenvalue weighted by Gasteiger charge is -2.17. The summed E-state index contributed by atoms with van der Waals surface area (Å²) < 4.78 is 59.3. The molecular formula is C27H29F3N5O3P. The average Bonchev–Trinajstić information content (AvgIpc) is 3.14. The summed E-state index contributed by atoms with van der Waals surface area (Å²) in [5.74, 6) is -0.877. The second-order valence-electron chi connectivity index (χ2n) is 9.45. The molecule has 0 saturated heterocycles. The fraction of sp³-hybridized carbons (Fsp3) is 0.296. The molecule has 1 aliphatic rings. The van der Waals surface area contributed by atoms with Gasteiger partial charge in [0.2, 0.25) is 13.3 Å². The fourth-order valence-electron chi connectivity index (χ4n) is 4.41. The Morgan fingerprint density at radius 3 is 2.49 bits per heavy atom. The van der Waals surface area contributed by atoms with Gasteiger partial charge in [-0.25, -0.2) is 4.98 Å². The number of benzene rings is 2. The first-order valence-corrected chi connectivity index (χ1v) is 14.4. The first-order valence-electron chi connectivity index (χ1n) is 12.1. The van der Waals surface area contributed by atoms with Gasteiger partial charge in [-0.2, -0.15) is 18.2 Å². The Labute approximate surface area is 224 Å². The van der Waals surface area contributed by atoms with Crippen molar-refractivity contribution >= 4 is 42.0 Å². The lowest BCUT2D eigenvalue weighted by molar-refractivity contribution is -0.137. The minimum absolute atomic E-state index is 0.0765. The Morgan fingerprint density at radius 1 is 1.18 bits per heavy atom. The van der Waals surface area contributed by atoms with Crippen LogP contribution in [0, 0.1) is 0 Å². The molecule has 1 atom stereocenters. The molecule has 1 aromatic heterocycles. The lowest BCUT2D eigenvalue weighted by atomic mass is 9.97. The second-order valence-corrected chi connectivity index (χ2v) is 12.0. The number of nitrogens with one attached hydrogen (secondary N) is 2. The number of amides is 1. The molecule has 8 nitrogen and oxygen atoms in total. The maximum absolute atomic E-state index is 13.9. The van der Waals surface area contributed by atoms with Crippen molar-refractivity contribution in [2.75, 3.05) is 31.0 Å². The van der Waals surface area contributed by atoms with Gasteiger partial charge in [0.1, 0.15) is 11.4 Å². The largest absolute Gasteiger partial charge is 0.421 e. The van der Waals surface area contributed by atoms with E-state index < -0.39 is 24.9 Å². The number of halogens is 3. The monoisotopic (exact) mass is 559 g/mol. The van der Waals surface area contributed by atoms with Gasteiger partial charge in [-0.1, -0.05) is 30.4 Å². The van der Waals surface area contributed by atoms with Crippen molar-refractivity contribution in [1.82, 2.24) is 14.9 Å². The van der Waals surface area contributed by atoms with Gasteiger partial charge in [0.05, 0.1) is 17.9 Å². The smallest absolute Gasteiger partial charge is 0.339 e. The normalized spacial score (nSPS) is 14.6. The summed E-state index contributed by atoms with van der Waals surface area (Å²) in [5.41, 5.74) is 2.95. The molecule has 39 heavy (non-hydrogen) atoms. The molecule has 12 heteroatoms. The van der Waals surface area contributed by atoms with Crippen molar-refractivity contribution in [2.24, 2.45) is 0 Å². The Kier molecular flexibility index (Phi) is 7.86. The molecule has 0 fully saturated rings. The number of rotatable bonds is 9. The number of carbonyl (C=O) groups is 1. The van der Waals surface area contributed by atoms with Crippen LogP contribution in [0.4, 0.5) is 36.3 Å². The van der Waals surface area contributed by atoms with E-state index >= 15 is 0 Å². The first kappa shape index (κ1) is 28.3. The van der Waals surface area contributed by atoms with Gasteiger partial charge in [-0.15, -0.1) is 0 Å². The molecule has 1 aliphatic heterocycles. The summed E-state index contributed by atoms with van der Waals surface area (Å²) in [4.78, 5) is 22.3. The number of alkyl halides is 3. The molecule has 3 aromatic rings. The molecule has 2 N–H and O–H groups in total. The molecule has 2 heterocycles. The molecule has 1 unspecified atom stereocenters. The van der Waals surface area contributed by atoms with Crippen molar-refractivity contribution in [3.63, 3.8) is 0 Å². The zero-order valence-corrected chi connectivity index (χ0v) is 22.9. The van der Waals surface area contributed by atoms with Crippen LogP contribution in [0.3, 0.4) is 0 Å². The number of fused-ring (bicyclic) bond motifs is 1. The van der Waals surface area contributed by atoms with Crippen molar-refractivity contribution in [3.8, 4) is 0 Å². The highest BCUT2D eigenvalue weighted by atomic mass is 31.2. The van der Waals surface area contributed by atoms with Gasteiger partial charge in [0.25, 0.3) is 5.91 Å². The van der Waals surface area contributed by atoms with Crippen LogP contribution in [0.1, 0.15) is 46.5 Å². The Bertz CT molecular complexity index is 1470. The van der Waals surface area contributed by atoms with Crippen LogP contribution < -0.4 is 10.6 Å². The van der Waals surface area contributed by atoms with E-state index in [-0.39, 0.29) is 29.3 Å². The summed E-state index contributed by atoms with van der Waals surface area (Å²) in [6, 6.07) is 10.2. The van der Waals surface area contributed by atoms with E-state index in [1.807, 2.05) is 6.92 Å². The predicted molar refractivity (Wildman–Crippen MR) is 146 cm³/mol. The van der Waals surface area contributed by atoms with E-state index in [2.05, 4.69) is 27.2 Å². The summed E-state index contributed by atoms with van der Waals surface area (Å²) in [6.07, 6.45) is -3.79. The molecule has 4 rings (SSSR count). The summed E-state index contributed by atoms with van der Waals surface area (Å²) >= 11 is 0. The van der Waals surface area contributed by atoms with E-state index in [1.165, 1.54) is 4.90 Å². The van der Waals surface area contributed by atoms with Gasteiger partial charge in [0.15, 0.2) is 0 Å². The number of hydrogen-bond acceptors (Lipinski definition) is 7. The topological polar surface area (TPSA) is 96.4 Å². The minimum atomic E-state index is -4.74. The zero-order chi connectivity index (χ0) is 28.5. The van der Waals surface area contributed by atoms with Gasteiger partial charge in [-0.05, 0) is 48.7 Å². The number of carbonyl (C=O) groups excluding carboxylic acids is 1. The van der Waals surface area contributed by atoms with Crippen molar-refractivity contribution in [2.45, 2.75) is 32.7 Å². The molecule has 0 spiro atoms. The van der Waals surface area contributed by atoms with Crippen molar-refractivity contribution < 1.29 is 27.1 Å². The molecule has 0 saturated carbocycles. The Morgan fingerprint density at radius 2 is 1.87 bits per heavy atom. The van der Waals surface area contributed by atoms with E-state index in [0.717, 1.165) is 16.7 Å². The first-order chi connectivity index (χ1) is 18.3. The number of aromatic nitrogens is 2. The van der Waals surface area contributed by atoms with Crippen LogP contribution in [0.5, 0.6) is 0 Å². The van der Waals surface area contributed by atoms with Crippen molar-refractivity contribution in [1.29, 1.82) is 0 Å². The van der Waals surface area contributed by atoms with Crippen LogP contribution in [-0.2, 0) is 28.0 Å². The molecule has 0 radical (unpaired) electrons. The summed E-state index contributed by atoms with van der Waals surface area (Å²) in [6.45, 7) is 9.77. The molecule has 0 bridgehead atoms. The number of anilines is 4. The van der Waals surface area contributed by atoms with E-state index in [4.69, 9.17) is 4.52 Å². The molecule has 1 amide bonds.